The first kappa shape index (κ1) is 31.2. The molecule has 0 spiro atoms. The van der Waals surface area contributed by atoms with Crippen molar-refractivity contribution < 1.29 is 49.0 Å². The first-order valence-electron chi connectivity index (χ1n) is 12.0. The Morgan fingerprint density at radius 3 is 2.00 bits per heavy atom. The minimum absolute atomic E-state index is 0. The standard InChI is InChI=1S/C17H17.C13H19.CH2.2ClH.Zr/c1-10-5-14-9-15-6-11(2)13(4)8-17(15)16(14)7-12(10)3;1-11-6-7-12(10-11)13(2)8-4-3-5-9-13;;;;/h5,7-8H,9H2,1-4H3;6-7,10H,3-5,8-9H2,1-2H3;1H2;2*1H;/q2*-1;;;;+2/p-2. The summed E-state index contributed by atoms with van der Waals surface area (Å²) in [6, 6.07) is 17.5. The minimum atomic E-state index is 0. The van der Waals surface area contributed by atoms with E-state index in [9.17, 15) is 0 Å². The van der Waals surface area contributed by atoms with Gasteiger partial charge in [-0.15, -0.1) is 11.1 Å². The zero-order valence-corrected chi connectivity index (χ0v) is 25.6. The summed E-state index contributed by atoms with van der Waals surface area (Å²) in [6.45, 7) is 13.3. The van der Waals surface area contributed by atoms with Gasteiger partial charge in [-0.25, -0.2) is 6.07 Å². The van der Waals surface area contributed by atoms with Crippen molar-refractivity contribution in [2.24, 2.45) is 0 Å². The van der Waals surface area contributed by atoms with E-state index in [2.05, 4.69) is 88.2 Å². The maximum atomic E-state index is 3.54. The zero-order valence-electron chi connectivity index (χ0n) is 21.7. The molecule has 0 unspecified atom stereocenters. The molecular weight excluding hydrogens is 534 g/mol. The van der Waals surface area contributed by atoms with Crippen LogP contribution in [-0.4, -0.2) is 4.21 Å². The Kier molecular flexibility index (Phi) is 12.3. The first-order chi connectivity index (χ1) is 15.3. The van der Waals surface area contributed by atoms with Crippen molar-refractivity contribution in [1.82, 2.24) is 0 Å². The van der Waals surface area contributed by atoms with E-state index in [4.69, 9.17) is 0 Å². The molecule has 0 amide bonds. The summed E-state index contributed by atoms with van der Waals surface area (Å²) in [5.74, 6) is 0. The summed E-state index contributed by atoms with van der Waals surface area (Å²) in [5.41, 5.74) is 14.5. The van der Waals surface area contributed by atoms with E-state index in [-0.39, 0.29) is 24.8 Å². The van der Waals surface area contributed by atoms with E-state index in [1.807, 2.05) is 0 Å². The van der Waals surface area contributed by atoms with Crippen molar-refractivity contribution in [2.45, 2.75) is 85.5 Å². The molecule has 3 aromatic rings. The van der Waals surface area contributed by atoms with Gasteiger partial charge < -0.3 is 24.8 Å². The first-order valence-corrected chi connectivity index (χ1v) is 13.7. The molecule has 1 fully saturated rings. The maximum absolute atomic E-state index is 3.54. The van der Waals surface area contributed by atoms with Crippen LogP contribution in [0.4, 0.5) is 0 Å². The van der Waals surface area contributed by atoms with Crippen LogP contribution < -0.4 is 24.8 Å². The third kappa shape index (κ3) is 6.87. The van der Waals surface area contributed by atoms with Crippen LogP contribution in [-0.2, 0) is 36.1 Å². The number of rotatable bonds is 1. The predicted octanol–water partition coefficient (Wildman–Crippen LogP) is 2.20. The second kappa shape index (κ2) is 13.4. The molecule has 3 aromatic carbocycles. The third-order valence-corrected chi connectivity index (χ3v) is 7.56. The molecule has 0 radical (unpaired) electrons. The fraction of sp³-hybridized carbons (Fsp3) is 0.419. The van der Waals surface area contributed by atoms with E-state index in [0.717, 1.165) is 6.42 Å². The Labute approximate surface area is 235 Å². The molecule has 2 aliphatic rings. The van der Waals surface area contributed by atoms with Crippen LogP contribution in [0.5, 0.6) is 0 Å². The number of fused-ring (bicyclic) bond motifs is 3. The van der Waals surface area contributed by atoms with Gasteiger partial charge in [0.25, 0.3) is 0 Å². The maximum Gasteiger partial charge on any atom is -1.00 e. The van der Waals surface area contributed by atoms with Gasteiger partial charge in [-0.05, 0) is 37.0 Å². The molecule has 0 heterocycles. The van der Waals surface area contributed by atoms with Crippen molar-refractivity contribution in [3.05, 3.63) is 87.0 Å². The SMILES string of the molecule is Cc1[c-]c2c(cc1C)-c1cc(C)c(C)cc1C2.Cc1cc(C2(C)CCCCC2)c[cH-]1.[CH2]=[Zr+2].[Cl-].[Cl-]. The van der Waals surface area contributed by atoms with Gasteiger partial charge in [0.05, 0.1) is 0 Å². The molecule has 1 saturated carbocycles. The van der Waals surface area contributed by atoms with Gasteiger partial charge in [0.15, 0.2) is 0 Å². The van der Waals surface area contributed by atoms with Crippen molar-refractivity contribution in [2.75, 3.05) is 0 Å². The van der Waals surface area contributed by atoms with Crippen LogP contribution in [0.3, 0.4) is 0 Å². The number of benzene rings is 2. The molecule has 0 aromatic heterocycles. The topological polar surface area (TPSA) is 0 Å². The Balaban J connectivity index is 0.000000309. The average molecular weight is 573 g/mol. The quantitative estimate of drug-likeness (QED) is 0.307. The van der Waals surface area contributed by atoms with Gasteiger partial charge in [0.2, 0.25) is 0 Å². The fourth-order valence-electron chi connectivity index (χ4n) is 5.21. The summed E-state index contributed by atoms with van der Waals surface area (Å²) < 4.78 is 3.34. The van der Waals surface area contributed by atoms with Crippen LogP contribution in [0, 0.1) is 40.7 Å². The molecule has 0 atom stereocenters. The van der Waals surface area contributed by atoms with Gasteiger partial charge in [-0.1, -0.05) is 82.9 Å². The molecule has 0 N–H and O–H groups in total. The van der Waals surface area contributed by atoms with Crippen LogP contribution in [0.25, 0.3) is 11.1 Å². The minimum Gasteiger partial charge on any atom is -1.00 e. The van der Waals surface area contributed by atoms with Crippen molar-refractivity contribution in [3.8, 4) is 11.1 Å². The Morgan fingerprint density at radius 1 is 0.824 bits per heavy atom. The van der Waals surface area contributed by atoms with Gasteiger partial charge in [-0.2, -0.15) is 46.5 Å². The predicted molar refractivity (Wildman–Crippen MR) is 137 cm³/mol. The number of hydrogen-bond donors (Lipinski definition) is 0. The summed E-state index contributed by atoms with van der Waals surface area (Å²) in [7, 11) is 0. The molecule has 0 saturated heterocycles. The molecule has 182 valence electrons. The van der Waals surface area contributed by atoms with E-state index >= 15 is 0 Å². The number of aryl methyl sites for hydroxylation is 5. The normalized spacial score (nSPS) is 14.7. The molecule has 3 heteroatoms. The van der Waals surface area contributed by atoms with Crippen LogP contribution >= 0.6 is 0 Å². The van der Waals surface area contributed by atoms with Crippen molar-refractivity contribution in [3.63, 3.8) is 0 Å². The number of hydrogen-bond acceptors (Lipinski definition) is 0. The summed E-state index contributed by atoms with van der Waals surface area (Å²) >= 11 is 1.30. The Bertz CT molecular complexity index is 1030. The zero-order chi connectivity index (χ0) is 23.5. The van der Waals surface area contributed by atoms with E-state index in [1.54, 1.807) is 5.56 Å². The van der Waals surface area contributed by atoms with Gasteiger partial charge in [-0.3, -0.25) is 0 Å². The van der Waals surface area contributed by atoms with Gasteiger partial charge >= 0.3 is 28.4 Å². The summed E-state index contributed by atoms with van der Waals surface area (Å²) in [4.78, 5) is 0. The van der Waals surface area contributed by atoms with Crippen molar-refractivity contribution >= 4 is 4.21 Å². The van der Waals surface area contributed by atoms with Gasteiger partial charge in [0.1, 0.15) is 0 Å². The fourth-order valence-corrected chi connectivity index (χ4v) is 5.21. The molecule has 34 heavy (non-hydrogen) atoms. The molecule has 2 aliphatic carbocycles. The van der Waals surface area contributed by atoms with Gasteiger partial charge in [0, 0.05) is 0 Å². The molecule has 0 aliphatic heterocycles. The number of halogens is 2. The van der Waals surface area contributed by atoms with Crippen LogP contribution in [0.2, 0.25) is 0 Å². The second-order valence-corrected chi connectivity index (χ2v) is 10.0. The van der Waals surface area contributed by atoms with E-state index in [1.165, 1.54) is 106 Å². The van der Waals surface area contributed by atoms with E-state index in [0.29, 0.717) is 5.41 Å². The van der Waals surface area contributed by atoms with Crippen LogP contribution in [0.1, 0.15) is 83.5 Å². The second-order valence-electron chi connectivity index (χ2n) is 10.0. The third-order valence-electron chi connectivity index (χ3n) is 7.56. The summed E-state index contributed by atoms with van der Waals surface area (Å²) in [6.07, 6.45) is 8.09. The smallest absolute Gasteiger partial charge is 1.00 e. The van der Waals surface area contributed by atoms with Crippen LogP contribution in [0.15, 0.2) is 36.4 Å². The Morgan fingerprint density at radius 2 is 1.41 bits per heavy atom. The molecule has 5 rings (SSSR count). The molecule has 0 nitrogen and oxygen atoms in total. The van der Waals surface area contributed by atoms with E-state index < -0.39 is 0 Å². The monoisotopic (exact) mass is 570 g/mol. The molecule has 0 bridgehead atoms. The largest absolute Gasteiger partial charge is 1.00 e. The average Bonchev–Trinajstić information content (AvgIpc) is 3.36. The molecular formula is C31H38Cl2Zr-2. The summed E-state index contributed by atoms with van der Waals surface area (Å²) in [5, 5.41) is 0. The Hall–Kier alpha value is -0.877. The van der Waals surface area contributed by atoms with Crippen molar-refractivity contribution in [1.29, 1.82) is 0 Å².